The third-order valence-electron chi connectivity index (χ3n) is 6.88. The number of carbonyl (C=O) groups excluding carboxylic acids is 2. The lowest BCUT2D eigenvalue weighted by Gasteiger charge is -2.33. The number of alkyl carbamates (subject to hydrolysis) is 1. The van der Waals surface area contributed by atoms with Crippen molar-refractivity contribution in [3.05, 3.63) is 36.1 Å². The Morgan fingerprint density at radius 3 is 2.74 bits per heavy atom. The fraction of sp³-hybridized carbons (Fsp3) is 0.464. The van der Waals surface area contributed by atoms with Crippen molar-refractivity contribution in [3.63, 3.8) is 0 Å². The quantitative estimate of drug-likeness (QED) is 0.399. The molecule has 0 radical (unpaired) electrons. The number of hydrogen-bond acceptors (Lipinski definition) is 6. The van der Waals surface area contributed by atoms with Crippen LogP contribution in [0.5, 0.6) is 5.75 Å². The van der Waals surface area contributed by atoms with Crippen molar-refractivity contribution in [2.24, 2.45) is 7.05 Å². The number of ether oxygens (including phenoxy) is 2. The number of nitrogens with zero attached hydrogens (tertiary/aromatic N) is 4. The first-order chi connectivity index (χ1) is 18.1. The maximum atomic E-state index is 13.6. The minimum atomic E-state index is -0.579. The topological polar surface area (TPSA) is 104 Å². The van der Waals surface area contributed by atoms with Crippen LogP contribution in [0.15, 0.2) is 34.9 Å². The van der Waals surface area contributed by atoms with Crippen LogP contribution in [0.25, 0.3) is 33.7 Å². The Morgan fingerprint density at radius 1 is 1.24 bits per heavy atom. The van der Waals surface area contributed by atoms with Crippen LogP contribution in [0.1, 0.15) is 50.9 Å². The van der Waals surface area contributed by atoms with Gasteiger partial charge in [-0.2, -0.15) is 0 Å². The van der Waals surface area contributed by atoms with Crippen LogP contribution in [0.3, 0.4) is 0 Å². The molecule has 10 heteroatoms. The predicted molar refractivity (Wildman–Crippen MR) is 144 cm³/mol. The normalized spacial score (nSPS) is 16.3. The largest absolute Gasteiger partial charge is 0.494 e. The van der Waals surface area contributed by atoms with E-state index in [1.807, 2.05) is 44.5 Å². The monoisotopic (exact) mass is 521 g/mol. The zero-order valence-electron chi connectivity index (χ0n) is 22.8. The molecular formula is C28H35N5O5. The highest BCUT2D eigenvalue weighted by Crippen LogP contribution is 2.34. The number of piperidine rings is 1. The summed E-state index contributed by atoms with van der Waals surface area (Å²) in [5.74, 6) is 1.21. The van der Waals surface area contributed by atoms with Crippen LogP contribution in [-0.2, 0) is 18.3 Å². The Labute approximate surface area is 221 Å². The van der Waals surface area contributed by atoms with Gasteiger partial charge in [-0.1, -0.05) is 0 Å². The number of likely N-dealkylation sites (tertiary alicyclic amines) is 1. The van der Waals surface area contributed by atoms with E-state index >= 15 is 0 Å². The number of furan rings is 1. The number of aryl methyl sites for hydroxylation is 2. The second-order valence-electron chi connectivity index (χ2n) is 10.7. The molecule has 4 aromatic rings. The summed E-state index contributed by atoms with van der Waals surface area (Å²) in [5, 5.41) is 3.92. The molecule has 1 saturated heterocycles. The van der Waals surface area contributed by atoms with Crippen LogP contribution in [-0.4, -0.2) is 62.9 Å². The Hall–Kier alpha value is -3.95. The highest BCUT2D eigenvalue weighted by molar-refractivity contribution is 6.00. The van der Waals surface area contributed by atoms with E-state index in [0.29, 0.717) is 29.9 Å². The molecule has 10 nitrogen and oxygen atoms in total. The molecule has 1 N–H and O–H groups in total. The van der Waals surface area contributed by atoms with Gasteiger partial charge in [0.15, 0.2) is 5.82 Å². The highest BCUT2D eigenvalue weighted by Gasteiger charge is 2.29. The van der Waals surface area contributed by atoms with E-state index in [-0.39, 0.29) is 11.9 Å². The molecule has 2 amide bonds. The lowest BCUT2D eigenvalue weighted by molar-refractivity contribution is 0.0452. The zero-order chi connectivity index (χ0) is 27.2. The number of nitrogens with one attached hydrogen (secondary N) is 1. The summed E-state index contributed by atoms with van der Waals surface area (Å²) in [5.41, 5.74) is 3.13. The van der Waals surface area contributed by atoms with E-state index in [9.17, 15) is 9.59 Å². The number of amides is 2. The molecule has 1 fully saturated rings. The Kier molecular flexibility index (Phi) is 6.58. The molecule has 3 aromatic heterocycles. The van der Waals surface area contributed by atoms with Crippen LogP contribution in [0.4, 0.5) is 4.79 Å². The molecule has 38 heavy (non-hydrogen) atoms. The molecule has 1 aliphatic rings. The predicted octanol–water partition coefficient (Wildman–Crippen LogP) is 4.95. The minimum Gasteiger partial charge on any atom is -0.494 e. The third kappa shape index (κ3) is 4.70. The number of carbonyl (C=O) groups is 2. The number of hydrogen-bond donors (Lipinski definition) is 1. The maximum absolute atomic E-state index is 13.6. The summed E-state index contributed by atoms with van der Waals surface area (Å²) in [7, 11) is 3.54. The highest BCUT2D eigenvalue weighted by atomic mass is 16.6. The Morgan fingerprint density at radius 2 is 2.03 bits per heavy atom. The van der Waals surface area contributed by atoms with Gasteiger partial charge in [-0.3, -0.25) is 4.79 Å². The number of fused-ring (bicyclic) bond motifs is 2. The van der Waals surface area contributed by atoms with E-state index in [4.69, 9.17) is 18.9 Å². The molecule has 4 heterocycles. The number of aromatic nitrogens is 3. The molecule has 0 saturated carbocycles. The fourth-order valence-electron chi connectivity index (χ4n) is 5.23. The number of benzene rings is 1. The van der Waals surface area contributed by atoms with Crippen LogP contribution >= 0.6 is 0 Å². The van der Waals surface area contributed by atoms with Gasteiger partial charge in [0.2, 0.25) is 5.71 Å². The summed E-state index contributed by atoms with van der Waals surface area (Å²) >= 11 is 0. The first-order valence-corrected chi connectivity index (χ1v) is 13.0. The molecule has 5 rings (SSSR count). The lowest BCUT2D eigenvalue weighted by Crippen LogP contribution is -2.50. The molecule has 1 atom stereocenters. The van der Waals surface area contributed by atoms with Gasteiger partial charge >= 0.3 is 6.09 Å². The second kappa shape index (κ2) is 9.74. The summed E-state index contributed by atoms with van der Waals surface area (Å²) in [6.07, 6.45) is 2.79. The van der Waals surface area contributed by atoms with Gasteiger partial charge in [0.1, 0.15) is 16.9 Å². The minimum absolute atomic E-state index is 0.123. The van der Waals surface area contributed by atoms with Gasteiger partial charge < -0.3 is 33.2 Å². The average Bonchev–Trinajstić information content (AvgIpc) is 3.54. The summed E-state index contributed by atoms with van der Waals surface area (Å²) in [6.45, 7) is 9.29. The summed E-state index contributed by atoms with van der Waals surface area (Å²) in [4.78, 5) is 32.6. The maximum Gasteiger partial charge on any atom is 0.407 e. The fourth-order valence-corrected chi connectivity index (χ4v) is 5.23. The summed E-state index contributed by atoms with van der Waals surface area (Å²) in [6, 6.07) is 7.42. The van der Waals surface area contributed by atoms with Crippen LogP contribution in [0, 0.1) is 0 Å². The second-order valence-corrected chi connectivity index (χ2v) is 10.7. The van der Waals surface area contributed by atoms with Gasteiger partial charge in [0.25, 0.3) is 5.91 Å². The first-order valence-electron chi connectivity index (χ1n) is 13.0. The average molecular weight is 522 g/mol. The van der Waals surface area contributed by atoms with E-state index < -0.39 is 11.7 Å². The van der Waals surface area contributed by atoms with Crippen molar-refractivity contribution < 1.29 is 23.5 Å². The molecule has 202 valence electrons. The molecule has 0 aliphatic carbocycles. The zero-order valence-corrected chi connectivity index (χ0v) is 22.8. The molecule has 0 bridgehead atoms. The van der Waals surface area contributed by atoms with E-state index in [0.717, 1.165) is 47.5 Å². The van der Waals surface area contributed by atoms with Gasteiger partial charge in [-0.15, -0.1) is 0 Å². The van der Waals surface area contributed by atoms with E-state index in [1.54, 1.807) is 24.3 Å². The molecule has 1 aliphatic heterocycles. The third-order valence-corrected chi connectivity index (χ3v) is 6.88. The van der Waals surface area contributed by atoms with Gasteiger partial charge in [0, 0.05) is 43.7 Å². The SMILES string of the molecule is CCn1c(-c2nc3cc(C(=O)N4CCC[C@@H](NC(=O)OC(C)(C)C)C4)cc(OC)c3n2C)cc2ccoc21. The Bertz CT molecular complexity index is 1510. The lowest BCUT2D eigenvalue weighted by atomic mass is 10.0. The molecule has 0 unspecified atom stereocenters. The van der Waals surface area contributed by atoms with Crippen molar-refractivity contribution in [1.29, 1.82) is 0 Å². The van der Waals surface area contributed by atoms with Crippen LogP contribution in [0.2, 0.25) is 0 Å². The standard InChI is InChI=1S/C28H35N5O5/c1-7-33-21(14-17-10-12-37-26(17)33)24-30-20-13-18(15-22(36-6)23(20)31(24)5)25(34)32-11-8-9-19(16-32)29-27(35)38-28(2,3)4/h10,12-15,19H,7-9,11,16H2,1-6H3,(H,29,35)/t19-/m1/s1. The van der Waals surface area contributed by atoms with E-state index in [2.05, 4.69) is 22.9 Å². The number of rotatable bonds is 5. The van der Waals surface area contributed by atoms with E-state index in [1.165, 1.54) is 0 Å². The van der Waals surface area contributed by atoms with Crippen molar-refractivity contribution in [2.45, 2.75) is 58.7 Å². The number of methoxy groups -OCH3 is 1. The number of imidazole rings is 1. The van der Waals surface area contributed by atoms with Gasteiger partial charge in [-0.05, 0) is 64.8 Å². The molecule has 1 aromatic carbocycles. The van der Waals surface area contributed by atoms with Crippen molar-refractivity contribution in [1.82, 2.24) is 24.3 Å². The van der Waals surface area contributed by atoms with Crippen molar-refractivity contribution in [3.8, 4) is 17.3 Å². The van der Waals surface area contributed by atoms with Crippen molar-refractivity contribution in [2.75, 3.05) is 20.2 Å². The molecular weight excluding hydrogens is 486 g/mol. The Balaban J connectivity index is 1.44. The summed E-state index contributed by atoms with van der Waals surface area (Å²) < 4.78 is 20.9. The van der Waals surface area contributed by atoms with Gasteiger partial charge in [-0.25, -0.2) is 9.78 Å². The first kappa shape index (κ1) is 25.7. The molecule has 0 spiro atoms. The van der Waals surface area contributed by atoms with Crippen molar-refractivity contribution >= 4 is 34.1 Å². The smallest absolute Gasteiger partial charge is 0.407 e. The van der Waals surface area contributed by atoms with Crippen LogP contribution < -0.4 is 10.1 Å². The van der Waals surface area contributed by atoms with Gasteiger partial charge in [0.05, 0.1) is 24.6 Å².